The smallest absolute Gasteiger partial charge is 0.303 e. The van der Waals surface area contributed by atoms with Gasteiger partial charge in [-0.2, -0.15) is 0 Å². The fourth-order valence-electron chi connectivity index (χ4n) is 2.65. The first kappa shape index (κ1) is 23.5. The monoisotopic (exact) mass is 412 g/mol. The van der Waals surface area contributed by atoms with Crippen LogP contribution < -0.4 is 0 Å². The normalized spacial score (nSPS) is 10.3. The SMILES string of the molecule is CCCCCCCCCCCCCCCCCC(=O)O.I. The van der Waals surface area contributed by atoms with Gasteiger partial charge in [0.2, 0.25) is 0 Å². The van der Waals surface area contributed by atoms with Crippen molar-refractivity contribution in [2.45, 2.75) is 110 Å². The van der Waals surface area contributed by atoms with E-state index in [2.05, 4.69) is 6.92 Å². The predicted molar refractivity (Wildman–Crippen MR) is 103 cm³/mol. The van der Waals surface area contributed by atoms with E-state index in [1.54, 1.807) is 0 Å². The third-order valence-electron chi connectivity index (χ3n) is 3.99. The van der Waals surface area contributed by atoms with Crippen LogP contribution in [-0.2, 0) is 4.79 Å². The van der Waals surface area contributed by atoms with E-state index in [9.17, 15) is 4.79 Å². The Labute approximate surface area is 149 Å². The second-order valence-electron chi connectivity index (χ2n) is 6.09. The van der Waals surface area contributed by atoms with Gasteiger partial charge in [-0.25, -0.2) is 0 Å². The van der Waals surface area contributed by atoms with E-state index in [4.69, 9.17) is 5.11 Å². The van der Waals surface area contributed by atoms with Crippen LogP contribution in [0.1, 0.15) is 110 Å². The molecule has 3 heteroatoms. The first-order chi connectivity index (χ1) is 9.77. The molecular formula is C18H37IO2. The Morgan fingerprint density at radius 3 is 1.19 bits per heavy atom. The quantitative estimate of drug-likeness (QED) is 0.220. The Bertz CT molecular complexity index is 207. The lowest BCUT2D eigenvalue weighted by molar-refractivity contribution is -0.137. The number of carboxylic acids is 1. The molecular weight excluding hydrogens is 375 g/mol. The molecule has 2 nitrogen and oxygen atoms in total. The minimum Gasteiger partial charge on any atom is -0.481 e. The summed E-state index contributed by atoms with van der Waals surface area (Å²) in [5.74, 6) is -0.653. The van der Waals surface area contributed by atoms with E-state index in [0.29, 0.717) is 6.42 Å². The summed E-state index contributed by atoms with van der Waals surface area (Å²) in [6, 6.07) is 0. The van der Waals surface area contributed by atoms with Crippen molar-refractivity contribution in [2.75, 3.05) is 0 Å². The maximum Gasteiger partial charge on any atom is 0.303 e. The number of rotatable bonds is 16. The van der Waals surface area contributed by atoms with Gasteiger partial charge in [-0.05, 0) is 6.42 Å². The fraction of sp³-hybridized carbons (Fsp3) is 0.944. The van der Waals surface area contributed by atoms with Gasteiger partial charge in [0, 0.05) is 6.42 Å². The molecule has 0 rings (SSSR count). The van der Waals surface area contributed by atoms with Crippen molar-refractivity contribution in [1.29, 1.82) is 0 Å². The predicted octanol–water partition coefficient (Wildman–Crippen LogP) is 6.95. The third kappa shape index (κ3) is 22.6. The number of halogens is 1. The first-order valence-electron chi connectivity index (χ1n) is 8.99. The van der Waals surface area contributed by atoms with Gasteiger partial charge in [0.05, 0.1) is 0 Å². The highest BCUT2D eigenvalue weighted by atomic mass is 127. The number of aliphatic carboxylic acids is 1. The molecule has 0 heterocycles. The molecule has 0 aromatic rings. The average Bonchev–Trinajstić information content (AvgIpc) is 2.43. The molecule has 21 heavy (non-hydrogen) atoms. The topological polar surface area (TPSA) is 37.3 Å². The summed E-state index contributed by atoms with van der Waals surface area (Å²) in [4.78, 5) is 10.3. The fourth-order valence-corrected chi connectivity index (χ4v) is 2.65. The number of unbranched alkanes of at least 4 members (excludes halogenated alkanes) is 14. The van der Waals surface area contributed by atoms with Gasteiger partial charge in [0.15, 0.2) is 0 Å². The van der Waals surface area contributed by atoms with Crippen LogP contribution in [0.5, 0.6) is 0 Å². The van der Waals surface area contributed by atoms with Crippen LogP contribution in [0.4, 0.5) is 0 Å². The number of hydrogen-bond donors (Lipinski definition) is 1. The Kier molecular flexibility index (Phi) is 22.6. The van der Waals surface area contributed by atoms with Crippen molar-refractivity contribution in [3.8, 4) is 0 Å². The lowest BCUT2D eigenvalue weighted by Crippen LogP contribution is -1.93. The lowest BCUT2D eigenvalue weighted by atomic mass is 10.0. The van der Waals surface area contributed by atoms with Gasteiger partial charge in [0.25, 0.3) is 0 Å². The summed E-state index contributed by atoms with van der Waals surface area (Å²) < 4.78 is 0. The highest BCUT2D eigenvalue weighted by Gasteiger charge is 1.97. The molecule has 128 valence electrons. The van der Waals surface area contributed by atoms with E-state index < -0.39 is 5.97 Å². The Hall–Kier alpha value is 0.200. The maximum absolute atomic E-state index is 10.3. The van der Waals surface area contributed by atoms with Crippen LogP contribution in [-0.4, -0.2) is 11.1 Å². The van der Waals surface area contributed by atoms with E-state index in [1.165, 1.54) is 83.5 Å². The maximum atomic E-state index is 10.3. The standard InChI is InChI=1S/C18H36O2.HI/c1-2-3-4-5-6-7-8-9-10-11-12-13-14-15-16-17-18(19)20;/h2-17H2,1H3,(H,19,20);1H. The van der Waals surface area contributed by atoms with E-state index in [-0.39, 0.29) is 24.0 Å². The van der Waals surface area contributed by atoms with Gasteiger partial charge in [-0.1, -0.05) is 96.8 Å². The summed E-state index contributed by atoms with van der Waals surface area (Å²) in [7, 11) is 0. The molecule has 0 unspecified atom stereocenters. The zero-order chi connectivity index (χ0) is 14.9. The summed E-state index contributed by atoms with van der Waals surface area (Å²) in [5, 5.41) is 8.52. The van der Waals surface area contributed by atoms with Gasteiger partial charge >= 0.3 is 5.97 Å². The Balaban J connectivity index is 0. The second-order valence-corrected chi connectivity index (χ2v) is 6.09. The molecule has 0 amide bonds. The molecule has 0 saturated carbocycles. The zero-order valence-electron chi connectivity index (χ0n) is 14.1. The second kappa shape index (κ2) is 20.2. The Morgan fingerprint density at radius 1 is 0.619 bits per heavy atom. The minimum atomic E-state index is -0.653. The molecule has 0 aliphatic carbocycles. The lowest BCUT2D eigenvalue weighted by Gasteiger charge is -2.03. The van der Waals surface area contributed by atoms with Crippen molar-refractivity contribution in [1.82, 2.24) is 0 Å². The molecule has 0 radical (unpaired) electrons. The van der Waals surface area contributed by atoms with Crippen LogP contribution in [0.25, 0.3) is 0 Å². The third-order valence-corrected chi connectivity index (χ3v) is 3.99. The highest BCUT2D eigenvalue weighted by Crippen LogP contribution is 2.13. The molecule has 0 bridgehead atoms. The molecule has 1 N–H and O–H groups in total. The van der Waals surface area contributed by atoms with Crippen molar-refractivity contribution in [2.24, 2.45) is 0 Å². The molecule has 0 aromatic carbocycles. The van der Waals surface area contributed by atoms with Crippen LogP contribution in [0.2, 0.25) is 0 Å². The van der Waals surface area contributed by atoms with Crippen LogP contribution in [0.15, 0.2) is 0 Å². The van der Waals surface area contributed by atoms with E-state index >= 15 is 0 Å². The van der Waals surface area contributed by atoms with Crippen LogP contribution in [0, 0.1) is 0 Å². The minimum absolute atomic E-state index is 0. The van der Waals surface area contributed by atoms with E-state index in [1.807, 2.05) is 0 Å². The highest BCUT2D eigenvalue weighted by molar-refractivity contribution is 14.0. The largest absolute Gasteiger partial charge is 0.481 e. The summed E-state index contributed by atoms with van der Waals surface area (Å²) >= 11 is 0. The summed E-state index contributed by atoms with van der Waals surface area (Å²) in [6.07, 6.45) is 20.2. The molecule has 0 saturated heterocycles. The summed E-state index contributed by atoms with van der Waals surface area (Å²) in [5.41, 5.74) is 0. The van der Waals surface area contributed by atoms with Gasteiger partial charge in [-0.3, -0.25) is 4.79 Å². The molecule has 0 atom stereocenters. The molecule has 0 fully saturated rings. The summed E-state index contributed by atoms with van der Waals surface area (Å²) in [6.45, 7) is 2.27. The van der Waals surface area contributed by atoms with Crippen LogP contribution >= 0.6 is 24.0 Å². The van der Waals surface area contributed by atoms with E-state index in [0.717, 1.165) is 12.8 Å². The molecule has 0 aliphatic rings. The van der Waals surface area contributed by atoms with Gasteiger partial charge in [0.1, 0.15) is 0 Å². The number of hydrogen-bond acceptors (Lipinski definition) is 1. The molecule has 0 aliphatic heterocycles. The van der Waals surface area contributed by atoms with Gasteiger partial charge < -0.3 is 5.11 Å². The average molecular weight is 412 g/mol. The van der Waals surface area contributed by atoms with Crippen molar-refractivity contribution >= 4 is 29.9 Å². The van der Waals surface area contributed by atoms with Crippen LogP contribution in [0.3, 0.4) is 0 Å². The molecule has 0 aromatic heterocycles. The Morgan fingerprint density at radius 2 is 0.905 bits per heavy atom. The molecule has 0 spiro atoms. The number of carbonyl (C=O) groups is 1. The first-order valence-corrected chi connectivity index (χ1v) is 8.99. The van der Waals surface area contributed by atoms with Gasteiger partial charge in [-0.15, -0.1) is 24.0 Å². The van der Waals surface area contributed by atoms with Crippen molar-refractivity contribution in [3.05, 3.63) is 0 Å². The van der Waals surface area contributed by atoms with Crippen molar-refractivity contribution in [3.63, 3.8) is 0 Å². The number of carboxylic acid groups (broad SMARTS) is 1. The van der Waals surface area contributed by atoms with Crippen molar-refractivity contribution < 1.29 is 9.90 Å². The zero-order valence-corrected chi connectivity index (χ0v) is 16.4.